The zero-order valence-corrected chi connectivity index (χ0v) is 11.3. The summed E-state index contributed by atoms with van der Waals surface area (Å²) in [5.41, 5.74) is 0. The number of guanidine groups is 1. The van der Waals surface area contributed by atoms with Gasteiger partial charge in [0.15, 0.2) is 5.96 Å². The quantitative estimate of drug-likeness (QED) is 0.332. The summed E-state index contributed by atoms with van der Waals surface area (Å²) in [6, 6.07) is 0.542. The molecule has 0 amide bonds. The predicted octanol–water partition coefficient (Wildman–Crippen LogP) is -0.357. The van der Waals surface area contributed by atoms with Gasteiger partial charge in [-0.05, 0) is 26.7 Å². The van der Waals surface area contributed by atoms with Crippen LogP contribution in [-0.4, -0.2) is 45.8 Å². The molecule has 3 N–H and O–H groups in total. The lowest BCUT2D eigenvalue weighted by Gasteiger charge is -2.10. The van der Waals surface area contributed by atoms with Crippen LogP contribution in [0.4, 0.5) is 0 Å². The van der Waals surface area contributed by atoms with Gasteiger partial charge in [0.25, 0.3) is 0 Å². The van der Waals surface area contributed by atoms with Crippen LogP contribution in [0.3, 0.4) is 0 Å². The first-order valence-corrected chi connectivity index (χ1v) is 7.74. The van der Waals surface area contributed by atoms with Gasteiger partial charge in [-0.25, -0.2) is 13.1 Å². The zero-order chi connectivity index (χ0) is 12.7. The van der Waals surface area contributed by atoms with Crippen molar-refractivity contribution in [3.63, 3.8) is 0 Å². The molecule has 0 aromatic heterocycles. The largest absolute Gasteiger partial charge is 0.357 e. The molecule has 6 nitrogen and oxygen atoms in total. The smallest absolute Gasteiger partial charge is 0.211 e. The second kappa shape index (κ2) is 6.80. The Labute approximate surface area is 103 Å². The van der Waals surface area contributed by atoms with Crippen molar-refractivity contribution in [2.45, 2.75) is 32.7 Å². The van der Waals surface area contributed by atoms with Gasteiger partial charge in [-0.15, -0.1) is 0 Å². The normalized spacial score (nSPS) is 16.9. The lowest BCUT2D eigenvalue weighted by atomic mass is 10.6. The van der Waals surface area contributed by atoms with E-state index in [4.69, 9.17) is 0 Å². The Morgan fingerprint density at radius 1 is 1.35 bits per heavy atom. The molecule has 0 aromatic rings. The van der Waals surface area contributed by atoms with Crippen LogP contribution in [0.2, 0.25) is 0 Å². The van der Waals surface area contributed by atoms with Crippen LogP contribution >= 0.6 is 0 Å². The Kier molecular flexibility index (Phi) is 5.70. The molecule has 0 spiro atoms. The number of aliphatic imine (C=N–C) groups is 1. The van der Waals surface area contributed by atoms with Crippen LogP contribution in [0.5, 0.6) is 0 Å². The number of hydrogen-bond acceptors (Lipinski definition) is 3. The van der Waals surface area contributed by atoms with E-state index in [1.165, 1.54) is 12.8 Å². The van der Waals surface area contributed by atoms with Crippen molar-refractivity contribution in [3.8, 4) is 0 Å². The molecule has 0 radical (unpaired) electrons. The molecule has 0 bridgehead atoms. The van der Waals surface area contributed by atoms with Gasteiger partial charge in [0.1, 0.15) is 0 Å². The molecule has 1 aliphatic carbocycles. The first-order valence-electron chi connectivity index (χ1n) is 6.09. The van der Waals surface area contributed by atoms with Crippen LogP contribution in [-0.2, 0) is 10.0 Å². The molecular formula is C10H22N4O2S. The highest BCUT2D eigenvalue weighted by atomic mass is 32.2. The third kappa shape index (κ3) is 6.48. The van der Waals surface area contributed by atoms with Crippen molar-refractivity contribution in [1.82, 2.24) is 15.4 Å². The first kappa shape index (κ1) is 14.2. The molecule has 1 fully saturated rings. The second-order valence-electron chi connectivity index (χ2n) is 3.98. The van der Waals surface area contributed by atoms with Crippen molar-refractivity contribution in [3.05, 3.63) is 0 Å². The van der Waals surface area contributed by atoms with E-state index in [1.807, 2.05) is 6.92 Å². The van der Waals surface area contributed by atoms with Gasteiger partial charge in [-0.1, -0.05) is 0 Å². The fraction of sp³-hybridized carbons (Fsp3) is 0.900. The van der Waals surface area contributed by atoms with Crippen LogP contribution in [0, 0.1) is 0 Å². The minimum atomic E-state index is -3.10. The van der Waals surface area contributed by atoms with Crippen LogP contribution in [0.15, 0.2) is 4.99 Å². The maximum Gasteiger partial charge on any atom is 0.211 e. The third-order valence-corrected chi connectivity index (χ3v) is 3.75. The number of hydrogen-bond donors (Lipinski definition) is 3. The molecule has 1 rings (SSSR count). The average molecular weight is 262 g/mol. The molecule has 0 unspecified atom stereocenters. The summed E-state index contributed by atoms with van der Waals surface area (Å²) in [4.78, 5) is 4.30. The molecule has 1 aliphatic rings. The summed E-state index contributed by atoms with van der Waals surface area (Å²) in [5, 5.41) is 6.39. The standard InChI is InChI=1S/C10H22N4O2S/c1-3-11-10(14-9-5-6-9)12-7-8-13-17(15,16)4-2/h9,13H,3-8H2,1-2H3,(H2,11,12,14). The van der Waals surface area contributed by atoms with Crippen molar-refractivity contribution in [2.75, 3.05) is 25.4 Å². The third-order valence-electron chi connectivity index (χ3n) is 2.35. The average Bonchev–Trinajstić information content (AvgIpc) is 3.08. The van der Waals surface area contributed by atoms with Gasteiger partial charge in [0.2, 0.25) is 10.0 Å². The minimum Gasteiger partial charge on any atom is -0.357 e. The predicted molar refractivity (Wildman–Crippen MR) is 69.6 cm³/mol. The van der Waals surface area contributed by atoms with E-state index in [0.717, 1.165) is 12.5 Å². The fourth-order valence-corrected chi connectivity index (χ4v) is 1.82. The van der Waals surface area contributed by atoms with Gasteiger partial charge in [0, 0.05) is 19.1 Å². The number of sulfonamides is 1. The molecule has 17 heavy (non-hydrogen) atoms. The highest BCUT2D eigenvalue weighted by Gasteiger charge is 2.21. The lowest BCUT2D eigenvalue weighted by Crippen LogP contribution is -2.39. The monoisotopic (exact) mass is 262 g/mol. The SMILES string of the molecule is CCNC(=NCCNS(=O)(=O)CC)NC1CC1. The summed E-state index contributed by atoms with van der Waals surface area (Å²) >= 11 is 0. The highest BCUT2D eigenvalue weighted by Crippen LogP contribution is 2.18. The Morgan fingerprint density at radius 2 is 2.06 bits per heavy atom. The van der Waals surface area contributed by atoms with Crippen LogP contribution in [0.1, 0.15) is 26.7 Å². The van der Waals surface area contributed by atoms with Gasteiger partial charge in [0.05, 0.1) is 12.3 Å². The lowest BCUT2D eigenvalue weighted by molar-refractivity contribution is 0.583. The van der Waals surface area contributed by atoms with Crippen molar-refractivity contribution < 1.29 is 8.42 Å². The van der Waals surface area contributed by atoms with Crippen LogP contribution in [0.25, 0.3) is 0 Å². The molecular weight excluding hydrogens is 240 g/mol. The Hall–Kier alpha value is -0.820. The van der Waals surface area contributed by atoms with E-state index >= 15 is 0 Å². The molecule has 100 valence electrons. The molecule has 0 aromatic carbocycles. The molecule has 0 saturated heterocycles. The summed E-state index contributed by atoms with van der Waals surface area (Å²) in [7, 11) is -3.10. The molecule has 1 saturated carbocycles. The molecule has 0 heterocycles. The highest BCUT2D eigenvalue weighted by molar-refractivity contribution is 7.89. The van der Waals surface area contributed by atoms with E-state index in [-0.39, 0.29) is 5.75 Å². The Balaban J connectivity index is 2.27. The topological polar surface area (TPSA) is 82.6 Å². The Bertz CT molecular complexity index is 349. The maximum absolute atomic E-state index is 11.2. The van der Waals surface area contributed by atoms with Gasteiger partial charge < -0.3 is 10.6 Å². The van der Waals surface area contributed by atoms with E-state index in [9.17, 15) is 8.42 Å². The molecule has 0 atom stereocenters. The van der Waals surface area contributed by atoms with Crippen molar-refractivity contribution in [2.24, 2.45) is 4.99 Å². The molecule has 7 heteroatoms. The maximum atomic E-state index is 11.2. The van der Waals surface area contributed by atoms with Gasteiger partial charge in [-0.2, -0.15) is 0 Å². The van der Waals surface area contributed by atoms with E-state index in [1.54, 1.807) is 6.92 Å². The number of nitrogens with one attached hydrogen (secondary N) is 3. The summed E-state index contributed by atoms with van der Waals surface area (Å²) in [5.74, 6) is 0.877. The summed E-state index contributed by atoms with van der Waals surface area (Å²) < 4.78 is 24.8. The fourth-order valence-electron chi connectivity index (χ4n) is 1.21. The Morgan fingerprint density at radius 3 is 2.59 bits per heavy atom. The number of nitrogens with zero attached hydrogens (tertiary/aromatic N) is 1. The first-order chi connectivity index (χ1) is 8.07. The van der Waals surface area contributed by atoms with E-state index < -0.39 is 10.0 Å². The second-order valence-corrected chi connectivity index (χ2v) is 6.07. The van der Waals surface area contributed by atoms with Gasteiger partial charge >= 0.3 is 0 Å². The summed E-state index contributed by atoms with van der Waals surface area (Å²) in [6.45, 7) is 5.21. The van der Waals surface area contributed by atoms with Gasteiger partial charge in [-0.3, -0.25) is 4.99 Å². The van der Waals surface area contributed by atoms with Crippen molar-refractivity contribution in [1.29, 1.82) is 0 Å². The number of rotatable bonds is 7. The van der Waals surface area contributed by atoms with E-state index in [2.05, 4.69) is 20.3 Å². The molecule has 0 aliphatic heterocycles. The summed E-state index contributed by atoms with van der Waals surface area (Å²) in [6.07, 6.45) is 2.37. The van der Waals surface area contributed by atoms with Crippen LogP contribution < -0.4 is 15.4 Å². The van der Waals surface area contributed by atoms with Crippen molar-refractivity contribution >= 4 is 16.0 Å². The minimum absolute atomic E-state index is 0.108. The zero-order valence-electron chi connectivity index (χ0n) is 10.5. The van der Waals surface area contributed by atoms with E-state index in [0.29, 0.717) is 19.1 Å².